The van der Waals surface area contributed by atoms with Gasteiger partial charge in [-0.2, -0.15) is 0 Å². The molecule has 0 saturated heterocycles. The fourth-order valence-electron chi connectivity index (χ4n) is 2.50. The maximum atomic E-state index is 12.0. The molecule has 2 rings (SSSR count). The van der Waals surface area contributed by atoms with Crippen LogP contribution in [-0.2, 0) is 6.42 Å². The molecule has 0 spiro atoms. The highest BCUT2D eigenvalue weighted by Gasteiger charge is 2.31. The number of hydrogen-bond acceptors (Lipinski definition) is 4. The minimum atomic E-state index is -0.523. The Balaban J connectivity index is 2.43. The number of nitrogen functional groups attached to an aromatic ring is 1. The molecule has 0 bridgehead atoms. The Labute approximate surface area is 104 Å². The number of nitrogens with two attached hydrogens (primary N) is 2. The average molecular weight is 252 g/mol. The predicted octanol–water partition coefficient (Wildman–Crippen LogP) is 1.97. The summed E-state index contributed by atoms with van der Waals surface area (Å²) in [6.07, 6.45) is 3.36. The number of amides is 1. The quantitative estimate of drug-likeness (QED) is 0.862. The van der Waals surface area contributed by atoms with Gasteiger partial charge in [0.1, 0.15) is 0 Å². The largest absolute Gasteiger partial charge is 0.390 e. The molecule has 1 aliphatic rings. The van der Waals surface area contributed by atoms with Crippen molar-refractivity contribution in [2.24, 2.45) is 11.7 Å². The van der Waals surface area contributed by atoms with Gasteiger partial charge in [-0.25, -0.2) is 0 Å². The van der Waals surface area contributed by atoms with Gasteiger partial charge in [-0.15, -0.1) is 11.3 Å². The second-order valence-corrected chi connectivity index (χ2v) is 5.55. The van der Waals surface area contributed by atoms with E-state index in [9.17, 15) is 9.59 Å². The topological polar surface area (TPSA) is 86.2 Å². The Kier molecular flexibility index (Phi) is 3.19. The summed E-state index contributed by atoms with van der Waals surface area (Å²) in [7, 11) is 0. The van der Waals surface area contributed by atoms with Gasteiger partial charge in [-0.05, 0) is 24.3 Å². The molecule has 92 valence electrons. The second-order valence-electron chi connectivity index (χ2n) is 4.50. The van der Waals surface area contributed by atoms with Gasteiger partial charge in [0, 0.05) is 6.42 Å². The fourth-order valence-corrected chi connectivity index (χ4v) is 3.55. The van der Waals surface area contributed by atoms with Crippen LogP contribution in [0.2, 0.25) is 0 Å². The number of rotatable bonds is 3. The maximum absolute atomic E-state index is 12.0. The molecule has 4 N–H and O–H groups in total. The van der Waals surface area contributed by atoms with E-state index in [1.807, 2.05) is 0 Å². The number of anilines is 1. The number of primary amides is 1. The number of thiophene rings is 1. The Morgan fingerprint density at radius 2 is 2.18 bits per heavy atom. The number of fused-ring (bicyclic) bond motifs is 1. The number of hydrogen-bond donors (Lipinski definition) is 2. The normalized spacial score (nSPS) is 19.1. The van der Waals surface area contributed by atoms with Crippen molar-refractivity contribution < 1.29 is 9.59 Å². The van der Waals surface area contributed by atoms with Crippen LogP contribution in [-0.4, -0.2) is 11.7 Å². The van der Waals surface area contributed by atoms with Crippen LogP contribution in [0.4, 0.5) is 5.00 Å². The third-order valence-corrected chi connectivity index (χ3v) is 4.30. The monoisotopic (exact) mass is 252 g/mol. The van der Waals surface area contributed by atoms with Crippen LogP contribution < -0.4 is 11.5 Å². The highest BCUT2D eigenvalue weighted by molar-refractivity contribution is 7.18. The molecule has 1 atom stereocenters. The number of carbonyl (C=O) groups is 2. The van der Waals surface area contributed by atoms with E-state index < -0.39 is 5.91 Å². The Bertz CT molecular complexity index is 479. The molecular formula is C12H16N2O2S. The Hall–Kier alpha value is -1.36. The first-order valence-corrected chi connectivity index (χ1v) is 6.60. The summed E-state index contributed by atoms with van der Waals surface area (Å²) in [5, 5.41) is 0.382. The van der Waals surface area contributed by atoms with Crippen LogP contribution in [0, 0.1) is 5.92 Å². The van der Waals surface area contributed by atoms with Gasteiger partial charge >= 0.3 is 0 Å². The average Bonchev–Trinajstić information content (AvgIpc) is 2.55. The maximum Gasteiger partial charge on any atom is 0.251 e. The zero-order chi connectivity index (χ0) is 12.6. The van der Waals surface area contributed by atoms with E-state index in [1.54, 1.807) is 0 Å². The zero-order valence-electron chi connectivity index (χ0n) is 9.79. The van der Waals surface area contributed by atoms with Crippen molar-refractivity contribution >= 4 is 28.0 Å². The van der Waals surface area contributed by atoms with Crippen molar-refractivity contribution in [2.45, 2.75) is 32.6 Å². The lowest BCUT2D eigenvalue weighted by Gasteiger charge is -2.21. The SMILES string of the molecule is CCCC1CC(=O)c2sc(N)c(C(N)=O)c2C1. The van der Waals surface area contributed by atoms with E-state index >= 15 is 0 Å². The van der Waals surface area contributed by atoms with Gasteiger partial charge in [0.15, 0.2) is 5.78 Å². The van der Waals surface area contributed by atoms with E-state index in [0.29, 0.717) is 27.8 Å². The molecule has 5 heteroatoms. The third kappa shape index (κ3) is 2.07. The van der Waals surface area contributed by atoms with Gasteiger partial charge in [0.25, 0.3) is 5.91 Å². The molecule has 1 heterocycles. The summed E-state index contributed by atoms with van der Waals surface area (Å²) >= 11 is 1.20. The molecule has 0 aliphatic heterocycles. The highest BCUT2D eigenvalue weighted by atomic mass is 32.1. The smallest absolute Gasteiger partial charge is 0.251 e. The van der Waals surface area contributed by atoms with Crippen molar-refractivity contribution in [3.63, 3.8) is 0 Å². The zero-order valence-corrected chi connectivity index (χ0v) is 10.6. The minimum Gasteiger partial charge on any atom is -0.390 e. The van der Waals surface area contributed by atoms with Crippen molar-refractivity contribution in [1.82, 2.24) is 0 Å². The molecule has 0 saturated carbocycles. The van der Waals surface area contributed by atoms with E-state index in [4.69, 9.17) is 11.5 Å². The molecule has 0 fully saturated rings. The van der Waals surface area contributed by atoms with Gasteiger partial charge in [0.2, 0.25) is 0 Å². The first-order chi connectivity index (χ1) is 8.04. The lowest BCUT2D eigenvalue weighted by molar-refractivity contribution is 0.0950. The third-order valence-electron chi connectivity index (χ3n) is 3.20. The molecule has 0 aromatic carbocycles. The second kappa shape index (κ2) is 4.49. The Morgan fingerprint density at radius 3 is 2.76 bits per heavy atom. The molecule has 1 aliphatic carbocycles. The van der Waals surface area contributed by atoms with Gasteiger partial charge in [-0.1, -0.05) is 13.3 Å². The summed E-state index contributed by atoms with van der Waals surface area (Å²) in [4.78, 5) is 24.0. The summed E-state index contributed by atoms with van der Waals surface area (Å²) in [6, 6.07) is 0. The first kappa shape index (κ1) is 12.1. The van der Waals surface area contributed by atoms with E-state index in [2.05, 4.69) is 6.92 Å². The molecule has 1 aromatic heterocycles. The van der Waals surface area contributed by atoms with Gasteiger partial charge < -0.3 is 11.5 Å². The Morgan fingerprint density at radius 1 is 1.47 bits per heavy atom. The number of ketones is 1. The summed E-state index contributed by atoms with van der Waals surface area (Å²) in [6.45, 7) is 2.09. The molecule has 1 aromatic rings. The highest BCUT2D eigenvalue weighted by Crippen LogP contribution is 2.38. The molecule has 1 unspecified atom stereocenters. The van der Waals surface area contributed by atoms with Gasteiger partial charge in [0.05, 0.1) is 15.4 Å². The van der Waals surface area contributed by atoms with Crippen molar-refractivity contribution in [3.8, 4) is 0 Å². The molecule has 17 heavy (non-hydrogen) atoms. The fraction of sp³-hybridized carbons (Fsp3) is 0.500. The van der Waals surface area contributed by atoms with Crippen molar-refractivity contribution in [2.75, 3.05) is 5.73 Å². The number of Topliss-reactive ketones (excluding diaryl/α,β-unsaturated/α-hetero) is 1. The van der Waals surface area contributed by atoms with E-state index in [-0.39, 0.29) is 5.78 Å². The lowest BCUT2D eigenvalue weighted by Crippen LogP contribution is -2.22. The van der Waals surface area contributed by atoms with Crippen LogP contribution in [0.1, 0.15) is 51.8 Å². The minimum absolute atomic E-state index is 0.105. The van der Waals surface area contributed by atoms with Crippen LogP contribution in [0.3, 0.4) is 0 Å². The predicted molar refractivity (Wildman–Crippen MR) is 68.3 cm³/mol. The van der Waals surface area contributed by atoms with Crippen LogP contribution in [0.15, 0.2) is 0 Å². The van der Waals surface area contributed by atoms with E-state index in [1.165, 1.54) is 11.3 Å². The molecule has 1 amide bonds. The molecule has 0 radical (unpaired) electrons. The first-order valence-electron chi connectivity index (χ1n) is 5.78. The summed E-state index contributed by atoms with van der Waals surface area (Å²) in [5.74, 6) is -0.0917. The van der Waals surface area contributed by atoms with Crippen molar-refractivity contribution in [1.29, 1.82) is 0 Å². The van der Waals surface area contributed by atoms with Gasteiger partial charge in [-0.3, -0.25) is 9.59 Å². The van der Waals surface area contributed by atoms with Crippen LogP contribution >= 0.6 is 11.3 Å². The van der Waals surface area contributed by atoms with Crippen molar-refractivity contribution in [3.05, 3.63) is 16.0 Å². The standard InChI is InChI=1S/C12H16N2O2S/c1-2-3-6-4-7-9(11(13)16)12(14)17-10(7)8(15)5-6/h6H,2-5,14H2,1H3,(H2,13,16). The van der Waals surface area contributed by atoms with Crippen LogP contribution in [0.5, 0.6) is 0 Å². The molecule has 4 nitrogen and oxygen atoms in total. The lowest BCUT2D eigenvalue weighted by atomic mass is 9.83. The molecular weight excluding hydrogens is 236 g/mol. The van der Waals surface area contributed by atoms with Crippen LogP contribution in [0.25, 0.3) is 0 Å². The number of carbonyl (C=O) groups excluding carboxylic acids is 2. The van der Waals surface area contributed by atoms with E-state index in [0.717, 1.165) is 24.8 Å². The summed E-state index contributed by atoms with van der Waals surface area (Å²) in [5.41, 5.74) is 12.3. The summed E-state index contributed by atoms with van der Waals surface area (Å²) < 4.78 is 0.